The van der Waals surface area contributed by atoms with Crippen molar-refractivity contribution in [1.29, 1.82) is 0 Å². The number of rotatable bonds is 3. The van der Waals surface area contributed by atoms with E-state index in [2.05, 4.69) is 15.5 Å². The molecule has 5 nitrogen and oxygen atoms in total. The van der Waals surface area contributed by atoms with E-state index in [9.17, 15) is 14.3 Å². The Hall–Kier alpha value is -1.66. The molecule has 0 bridgehead atoms. The third-order valence-corrected chi connectivity index (χ3v) is 5.13. The number of anilines is 1. The van der Waals surface area contributed by atoms with Gasteiger partial charge in [-0.05, 0) is 49.9 Å². The molecule has 2 fully saturated rings. The Labute approximate surface area is 142 Å². The number of urea groups is 1. The number of nitrogens with zero attached hydrogens (tertiary/aromatic N) is 1. The highest BCUT2D eigenvalue weighted by Crippen LogP contribution is 2.25. The fourth-order valence-corrected chi connectivity index (χ4v) is 3.78. The van der Waals surface area contributed by atoms with E-state index >= 15 is 0 Å². The van der Waals surface area contributed by atoms with Crippen LogP contribution in [0.1, 0.15) is 38.5 Å². The molecule has 1 aliphatic carbocycles. The number of amides is 2. The number of halogens is 1. The summed E-state index contributed by atoms with van der Waals surface area (Å²) in [4.78, 5) is 14.4. The summed E-state index contributed by atoms with van der Waals surface area (Å²) in [6, 6.07) is 5.91. The van der Waals surface area contributed by atoms with Crippen LogP contribution in [-0.2, 0) is 0 Å². The summed E-state index contributed by atoms with van der Waals surface area (Å²) in [6.07, 6.45) is 5.87. The van der Waals surface area contributed by atoms with Crippen LogP contribution in [0, 0.1) is 5.82 Å². The van der Waals surface area contributed by atoms with E-state index in [-0.39, 0.29) is 30.0 Å². The predicted octanol–water partition coefficient (Wildman–Crippen LogP) is 2.72. The van der Waals surface area contributed by atoms with Gasteiger partial charge in [-0.1, -0.05) is 12.8 Å². The molecule has 1 heterocycles. The maximum absolute atomic E-state index is 12.9. The van der Waals surface area contributed by atoms with Crippen molar-refractivity contribution in [3.8, 4) is 0 Å². The van der Waals surface area contributed by atoms with Crippen molar-refractivity contribution in [2.45, 2.75) is 56.7 Å². The molecule has 6 heteroatoms. The summed E-state index contributed by atoms with van der Waals surface area (Å²) in [5.74, 6) is -0.321. The van der Waals surface area contributed by atoms with Crippen LogP contribution in [0.4, 0.5) is 14.9 Å². The first kappa shape index (κ1) is 17.2. The number of aliphatic hydroxyl groups excluding tert-OH is 1. The molecule has 0 aromatic heterocycles. The molecule has 132 valence electrons. The molecule has 2 atom stereocenters. The van der Waals surface area contributed by atoms with Crippen LogP contribution in [0.5, 0.6) is 0 Å². The van der Waals surface area contributed by atoms with Gasteiger partial charge in [-0.25, -0.2) is 9.18 Å². The molecule has 1 saturated carbocycles. The molecule has 0 radical (unpaired) electrons. The molecule has 24 heavy (non-hydrogen) atoms. The number of piperidine rings is 1. The van der Waals surface area contributed by atoms with E-state index in [0.29, 0.717) is 5.69 Å². The first-order valence-electron chi connectivity index (χ1n) is 8.87. The molecule has 2 amide bonds. The molecule has 2 aliphatic rings. The zero-order valence-corrected chi connectivity index (χ0v) is 13.9. The Kier molecular flexibility index (Phi) is 5.68. The number of aliphatic hydroxyl groups is 1. The van der Waals surface area contributed by atoms with Crippen LogP contribution in [-0.4, -0.2) is 47.3 Å². The SMILES string of the molecule is O=C(Nc1ccc(F)cc1)NC1CCN(C2CCCCC2O)CC1. The van der Waals surface area contributed by atoms with Crippen molar-refractivity contribution in [3.05, 3.63) is 30.1 Å². The average Bonchev–Trinajstić information content (AvgIpc) is 2.58. The number of hydrogen-bond acceptors (Lipinski definition) is 3. The highest BCUT2D eigenvalue weighted by Gasteiger charge is 2.31. The van der Waals surface area contributed by atoms with Crippen LogP contribution < -0.4 is 10.6 Å². The molecule has 2 unspecified atom stereocenters. The second-order valence-corrected chi connectivity index (χ2v) is 6.83. The number of carbonyl (C=O) groups is 1. The Morgan fingerprint density at radius 1 is 1.08 bits per heavy atom. The third-order valence-electron chi connectivity index (χ3n) is 5.13. The first-order valence-corrected chi connectivity index (χ1v) is 8.87. The fourth-order valence-electron chi connectivity index (χ4n) is 3.78. The summed E-state index contributed by atoms with van der Waals surface area (Å²) >= 11 is 0. The highest BCUT2D eigenvalue weighted by molar-refractivity contribution is 5.89. The van der Waals surface area contributed by atoms with Gasteiger partial charge in [0.25, 0.3) is 0 Å². The van der Waals surface area contributed by atoms with Gasteiger partial charge < -0.3 is 15.7 Å². The molecule has 1 saturated heterocycles. The zero-order chi connectivity index (χ0) is 16.9. The molecule has 0 spiro atoms. The molecule has 3 N–H and O–H groups in total. The van der Waals surface area contributed by atoms with E-state index in [1.54, 1.807) is 12.1 Å². The molecule has 1 aromatic carbocycles. The van der Waals surface area contributed by atoms with Crippen LogP contribution in [0.2, 0.25) is 0 Å². The van der Waals surface area contributed by atoms with Gasteiger partial charge in [0, 0.05) is 30.9 Å². The Morgan fingerprint density at radius 2 is 1.75 bits per heavy atom. The highest BCUT2D eigenvalue weighted by atomic mass is 19.1. The number of carbonyl (C=O) groups excluding carboxylic acids is 1. The van der Waals surface area contributed by atoms with E-state index in [4.69, 9.17) is 0 Å². The summed E-state index contributed by atoms with van der Waals surface area (Å²) < 4.78 is 12.9. The number of nitrogens with one attached hydrogen (secondary N) is 2. The Bertz CT molecular complexity index is 544. The smallest absolute Gasteiger partial charge is 0.319 e. The standard InChI is InChI=1S/C18H26FN3O2/c19-13-5-7-14(8-6-13)20-18(24)21-15-9-11-22(12-10-15)16-3-1-2-4-17(16)23/h5-8,15-17,23H,1-4,9-12H2,(H2,20,21,24). The first-order chi connectivity index (χ1) is 11.6. The van der Waals surface area contributed by atoms with Crippen LogP contribution in [0.25, 0.3) is 0 Å². The van der Waals surface area contributed by atoms with Crippen LogP contribution in [0.3, 0.4) is 0 Å². The van der Waals surface area contributed by atoms with Gasteiger partial charge in [0.2, 0.25) is 0 Å². The monoisotopic (exact) mass is 335 g/mol. The zero-order valence-electron chi connectivity index (χ0n) is 13.9. The van der Waals surface area contributed by atoms with E-state index < -0.39 is 0 Å². The maximum atomic E-state index is 12.9. The van der Waals surface area contributed by atoms with Crippen molar-refractivity contribution < 1.29 is 14.3 Å². The van der Waals surface area contributed by atoms with Crippen LogP contribution in [0.15, 0.2) is 24.3 Å². The van der Waals surface area contributed by atoms with Crippen molar-refractivity contribution >= 4 is 11.7 Å². The number of likely N-dealkylation sites (tertiary alicyclic amines) is 1. The van der Waals surface area contributed by atoms with E-state index in [1.807, 2.05) is 0 Å². The lowest BCUT2D eigenvalue weighted by Gasteiger charge is -2.41. The van der Waals surface area contributed by atoms with Gasteiger partial charge in [-0.3, -0.25) is 4.90 Å². The third kappa shape index (κ3) is 4.45. The minimum absolute atomic E-state index is 0.141. The molecular formula is C18H26FN3O2. The van der Waals surface area contributed by atoms with Crippen molar-refractivity contribution in [1.82, 2.24) is 10.2 Å². The predicted molar refractivity (Wildman–Crippen MR) is 91.4 cm³/mol. The summed E-state index contributed by atoms with van der Waals surface area (Å²) in [5, 5.41) is 15.9. The van der Waals surface area contributed by atoms with Gasteiger partial charge in [0.1, 0.15) is 5.82 Å². The maximum Gasteiger partial charge on any atom is 0.319 e. The van der Waals surface area contributed by atoms with Gasteiger partial charge >= 0.3 is 6.03 Å². The van der Waals surface area contributed by atoms with Crippen LogP contribution >= 0.6 is 0 Å². The van der Waals surface area contributed by atoms with Gasteiger partial charge in [-0.2, -0.15) is 0 Å². The van der Waals surface area contributed by atoms with Gasteiger partial charge in [0.05, 0.1) is 6.10 Å². The normalized spacial score (nSPS) is 26.1. The molecule has 3 rings (SSSR count). The topological polar surface area (TPSA) is 64.6 Å². The number of hydrogen-bond donors (Lipinski definition) is 3. The quantitative estimate of drug-likeness (QED) is 0.796. The molecule has 1 aromatic rings. The minimum atomic E-state index is -0.321. The van der Waals surface area contributed by atoms with Gasteiger partial charge in [-0.15, -0.1) is 0 Å². The Balaban J connectivity index is 1.43. The van der Waals surface area contributed by atoms with Crippen molar-refractivity contribution in [2.24, 2.45) is 0 Å². The second-order valence-electron chi connectivity index (χ2n) is 6.83. The largest absolute Gasteiger partial charge is 0.391 e. The lowest BCUT2D eigenvalue weighted by molar-refractivity contribution is 0.00786. The summed E-state index contributed by atoms with van der Waals surface area (Å²) in [7, 11) is 0. The fraction of sp³-hybridized carbons (Fsp3) is 0.611. The number of benzene rings is 1. The lowest BCUT2D eigenvalue weighted by Crippen LogP contribution is -2.52. The lowest BCUT2D eigenvalue weighted by atomic mass is 9.89. The van der Waals surface area contributed by atoms with Gasteiger partial charge in [0.15, 0.2) is 0 Å². The van der Waals surface area contributed by atoms with E-state index in [1.165, 1.54) is 18.6 Å². The second kappa shape index (κ2) is 7.94. The summed E-state index contributed by atoms with van der Waals surface area (Å²) in [6.45, 7) is 1.81. The van der Waals surface area contributed by atoms with Crippen molar-refractivity contribution in [3.63, 3.8) is 0 Å². The average molecular weight is 335 g/mol. The Morgan fingerprint density at radius 3 is 2.42 bits per heavy atom. The molecular weight excluding hydrogens is 309 g/mol. The summed E-state index contributed by atoms with van der Waals surface area (Å²) in [5.41, 5.74) is 0.580. The minimum Gasteiger partial charge on any atom is -0.391 e. The van der Waals surface area contributed by atoms with E-state index in [0.717, 1.165) is 45.2 Å². The molecule has 1 aliphatic heterocycles. The van der Waals surface area contributed by atoms with Crippen molar-refractivity contribution in [2.75, 3.05) is 18.4 Å².